The second kappa shape index (κ2) is 9.28. The zero-order valence-electron chi connectivity index (χ0n) is 14.9. The highest BCUT2D eigenvalue weighted by Gasteiger charge is 2.16. The lowest BCUT2D eigenvalue weighted by Crippen LogP contribution is -2.40. The van der Waals surface area contributed by atoms with Crippen LogP contribution < -0.4 is 5.32 Å². The minimum atomic E-state index is 0.256. The Bertz CT molecular complexity index is 634. The maximum Gasteiger partial charge on any atom is 0.194 e. The van der Waals surface area contributed by atoms with Gasteiger partial charge in [0.05, 0.1) is 18.9 Å². The van der Waals surface area contributed by atoms with Gasteiger partial charge in [0.25, 0.3) is 0 Å². The molecule has 1 fully saturated rings. The van der Waals surface area contributed by atoms with Crippen LogP contribution in [0.15, 0.2) is 58.1 Å². The Morgan fingerprint density at radius 3 is 2.84 bits per heavy atom. The number of hydrogen-bond acceptors (Lipinski definition) is 3. The zero-order chi connectivity index (χ0) is 17.3. The smallest absolute Gasteiger partial charge is 0.194 e. The molecule has 1 N–H and O–H groups in total. The SMILES string of the molecule is CN(Cc1ccccc1)C(=NCC1CCCO1)NCCc1ccco1. The summed E-state index contributed by atoms with van der Waals surface area (Å²) in [7, 11) is 2.07. The average Bonchev–Trinajstić information content (AvgIpc) is 3.32. The van der Waals surface area contributed by atoms with Crippen molar-refractivity contribution in [1.29, 1.82) is 0 Å². The summed E-state index contributed by atoms with van der Waals surface area (Å²) >= 11 is 0. The van der Waals surface area contributed by atoms with Crippen molar-refractivity contribution >= 4 is 5.96 Å². The molecule has 25 heavy (non-hydrogen) atoms. The molecule has 5 heteroatoms. The first-order valence-corrected chi connectivity index (χ1v) is 8.98. The molecular weight excluding hydrogens is 314 g/mol. The van der Waals surface area contributed by atoms with Crippen molar-refractivity contribution in [2.24, 2.45) is 4.99 Å². The lowest BCUT2D eigenvalue weighted by atomic mass is 10.2. The third kappa shape index (κ3) is 5.64. The van der Waals surface area contributed by atoms with Crippen LogP contribution in [0.4, 0.5) is 0 Å². The van der Waals surface area contributed by atoms with E-state index in [1.807, 2.05) is 18.2 Å². The Hall–Kier alpha value is -2.27. The first kappa shape index (κ1) is 17.5. The van der Waals surface area contributed by atoms with E-state index in [9.17, 15) is 0 Å². The van der Waals surface area contributed by atoms with Gasteiger partial charge in [-0.3, -0.25) is 4.99 Å². The molecule has 1 atom stereocenters. The van der Waals surface area contributed by atoms with Crippen molar-refractivity contribution in [3.8, 4) is 0 Å². The fourth-order valence-corrected chi connectivity index (χ4v) is 2.97. The Morgan fingerprint density at radius 2 is 2.12 bits per heavy atom. The van der Waals surface area contributed by atoms with Gasteiger partial charge in [0.15, 0.2) is 5.96 Å². The summed E-state index contributed by atoms with van der Waals surface area (Å²) in [6.45, 7) is 3.18. The molecule has 0 radical (unpaired) electrons. The van der Waals surface area contributed by atoms with Crippen LogP contribution in [0, 0.1) is 0 Å². The minimum Gasteiger partial charge on any atom is -0.469 e. The van der Waals surface area contributed by atoms with Crippen LogP contribution in [0.25, 0.3) is 0 Å². The number of hydrogen-bond donors (Lipinski definition) is 1. The van der Waals surface area contributed by atoms with Gasteiger partial charge in [0, 0.05) is 33.2 Å². The van der Waals surface area contributed by atoms with Gasteiger partial charge >= 0.3 is 0 Å². The number of nitrogens with one attached hydrogen (secondary N) is 1. The fraction of sp³-hybridized carbons (Fsp3) is 0.450. The van der Waals surface area contributed by atoms with Crippen molar-refractivity contribution in [2.75, 3.05) is 26.7 Å². The predicted molar refractivity (Wildman–Crippen MR) is 99.6 cm³/mol. The number of nitrogens with zero attached hydrogens (tertiary/aromatic N) is 2. The van der Waals surface area contributed by atoms with Crippen LogP contribution in [0.5, 0.6) is 0 Å². The molecule has 5 nitrogen and oxygen atoms in total. The maximum absolute atomic E-state index is 5.70. The largest absolute Gasteiger partial charge is 0.469 e. The second-order valence-corrected chi connectivity index (χ2v) is 6.40. The van der Waals surface area contributed by atoms with E-state index < -0.39 is 0 Å². The van der Waals surface area contributed by atoms with E-state index in [-0.39, 0.29) is 6.10 Å². The molecular formula is C20H27N3O2. The molecule has 1 aromatic heterocycles. The summed E-state index contributed by atoms with van der Waals surface area (Å²) in [5.41, 5.74) is 1.27. The molecule has 2 heterocycles. The Labute approximate surface area is 149 Å². The number of rotatable bonds is 7. The molecule has 1 aromatic carbocycles. The maximum atomic E-state index is 5.70. The van der Waals surface area contributed by atoms with E-state index in [0.29, 0.717) is 6.54 Å². The molecule has 0 amide bonds. The molecule has 1 aliphatic rings. The first-order chi connectivity index (χ1) is 12.3. The van der Waals surface area contributed by atoms with E-state index in [4.69, 9.17) is 14.1 Å². The standard InChI is InChI=1S/C20H27N3O2/c1-23(16-17-7-3-2-4-8-17)20(22-15-19-10-6-14-25-19)21-12-11-18-9-5-13-24-18/h2-5,7-9,13,19H,6,10-12,14-16H2,1H3,(H,21,22). The average molecular weight is 341 g/mol. The van der Waals surface area contributed by atoms with Gasteiger partial charge in [-0.1, -0.05) is 30.3 Å². The molecule has 134 valence electrons. The lowest BCUT2D eigenvalue weighted by molar-refractivity contribution is 0.117. The van der Waals surface area contributed by atoms with Crippen LogP contribution in [0.2, 0.25) is 0 Å². The van der Waals surface area contributed by atoms with Gasteiger partial charge in [-0.2, -0.15) is 0 Å². The minimum absolute atomic E-state index is 0.256. The molecule has 2 aromatic rings. The number of benzene rings is 1. The van der Waals surface area contributed by atoms with Gasteiger partial charge < -0.3 is 19.4 Å². The summed E-state index contributed by atoms with van der Waals surface area (Å²) in [5, 5.41) is 3.46. The number of aliphatic imine (C=N–C) groups is 1. The third-order valence-electron chi connectivity index (χ3n) is 4.33. The van der Waals surface area contributed by atoms with Gasteiger partial charge in [0.1, 0.15) is 5.76 Å². The molecule has 0 aliphatic carbocycles. The predicted octanol–water partition coefficient (Wildman–Crippen LogP) is 3.08. The normalized spacial score (nSPS) is 17.6. The first-order valence-electron chi connectivity index (χ1n) is 8.98. The molecule has 0 spiro atoms. The van der Waals surface area contributed by atoms with Gasteiger partial charge in [0.2, 0.25) is 0 Å². The molecule has 1 aliphatic heterocycles. The summed E-state index contributed by atoms with van der Waals surface area (Å²) in [6, 6.07) is 14.4. The second-order valence-electron chi connectivity index (χ2n) is 6.40. The van der Waals surface area contributed by atoms with Gasteiger partial charge in [-0.25, -0.2) is 0 Å². The zero-order valence-corrected chi connectivity index (χ0v) is 14.9. The summed E-state index contributed by atoms with van der Waals surface area (Å²) in [5.74, 6) is 1.89. The molecule has 0 saturated carbocycles. The van der Waals surface area contributed by atoms with Crippen molar-refractivity contribution in [3.05, 3.63) is 60.1 Å². The Kier molecular flexibility index (Phi) is 6.51. The third-order valence-corrected chi connectivity index (χ3v) is 4.33. The van der Waals surface area contributed by atoms with E-state index >= 15 is 0 Å². The Morgan fingerprint density at radius 1 is 1.24 bits per heavy atom. The van der Waals surface area contributed by atoms with Crippen molar-refractivity contribution in [1.82, 2.24) is 10.2 Å². The number of furan rings is 1. The van der Waals surface area contributed by atoms with E-state index in [1.54, 1.807) is 6.26 Å². The van der Waals surface area contributed by atoms with E-state index in [1.165, 1.54) is 5.56 Å². The van der Waals surface area contributed by atoms with Crippen LogP contribution >= 0.6 is 0 Å². The Balaban J connectivity index is 1.58. The van der Waals surface area contributed by atoms with Crippen LogP contribution in [0.1, 0.15) is 24.2 Å². The van der Waals surface area contributed by atoms with Crippen LogP contribution in [-0.2, 0) is 17.7 Å². The van der Waals surface area contributed by atoms with Crippen molar-refractivity contribution < 1.29 is 9.15 Å². The quantitative estimate of drug-likeness (QED) is 0.621. The summed E-state index contributed by atoms with van der Waals surface area (Å²) < 4.78 is 11.1. The summed E-state index contributed by atoms with van der Waals surface area (Å²) in [6.07, 6.45) is 5.05. The lowest BCUT2D eigenvalue weighted by Gasteiger charge is -2.23. The number of ether oxygens (including phenoxy) is 1. The van der Waals surface area contributed by atoms with Crippen LogP contribution in [0.3, 0.4) is 0 Å². The van der Waals surface area contributed by atoms with E-state index in [2.05, 4.69) is 41.5 Å². The fourth-order valence-electron chi connectivity index (χ4n) is 2.97. The topological polar surface area (TPSA) is 50.0 Å². The molecule has 1 saturated heterocycles. The van der Waals surface area contributed by atoms with Crippen molar-refractivity contribution in [2.45, 2.75) is 31.9 Å². The van der Waals surface area contributed by atoms with Gasteiger partial charge in [-0.05, 0) is 30.5 Å². The summed E-state index contributed by atoms with van der Waals surface area (Å²) in [4.78, 5) is 6.96. The molecule has 3 rings (SSSR count). The van der Waals surface area contributed by atoms with Gasteiger partial charge in [-0.15, -0.1) is 0 Å². The van der Waals surface area contributed by atoms with Crippen molar-refractivity contribution in [3.63, 3.8) is 0 Å². The molecule has 0 bridgehead atoms. The highest BCUT2D eigenvalue weighted by atomic mass is 16.5. The highest BCUT2D eigenvalue weighted by Crippen LogP contribution is 2.12. The molecule has 1 unspecified atom stereocenters. The highest BCUT2D eigenvalue weighted by molar-refractivity contribution is 5.79. The monoisotopic (exact) mass is 341 g/mol. The number of guanidine groups is 1. The van der Waals surface area contributed by atoms with E-state index in [0.717, 1.165) is 50.7 Å². The van der Waals surface area contributed by atoms with Crippen LogP contribution in [-0.4, -0.2) is 43.7 Å².